The molecule has 4 aromatic rings. The summed E-state index contributed by atoms with van der Waals surface area (Å²) in [4.78, 5) is 25.2. The third-order valence-corrected chi connectivity index (χ3v) is 6.24. The van der Waals surface area contributed by atoms with Gasteiger partial charge in [-0.3, -0.25) is 9.59 Å². The summed E-state index contributed by atoms with van der Waals surface area (Å²) in [6.45, 7) is 4.07. The molecule has 0 spiro atoms. The van der Waals surface area contributed by atoms with Crippen molar-refractivity contribution < 1.29 is 23.8 Å². The molecule has 1 aromatic heterocycles. The molecule has 2 atom stereocenters. The van der Waals surface area contributed by atoms with E-state index in [0.717, 1.165) is 20.9 Å². The Hall–Kier alpha value is -4.35. The molecule has 0 aliphatic rings. The van der Waals surface area contributed by atoms with Crippen LogP contribution in [0.2, 0.25) is 0 Å². The molecule has 8 heteroatoms. The molecular weight excluding hydrogens is 476 g/mol. The number of carbonyl (C=O) groups excluding carboxylic acids is 2. The van der Waals surface area contributed by atoms with Crippen LogP contribution in [0.3, 0.4) is 0 Å². The lowest BCUT2D eigenvalue weighted by Gasteiger charge is -2.17. The van der Waals surface area contributed by atoms with Crippen LogP contribution >= 0.6 is 11.3 Å². The van der Waals surface area contributed by atoms with Crippen molar-refractivity contribution in [2.75, 3.05) is 11.9 Å². The second kappa shape index (κ2) is 11.4. The van der Waals surface area contributed by atoms with Crippen LogP contribution in [-0.2, 0) is 9.59 Å². The van der Waals surface area contributed by atoms with Gasteiger partial charge in [0.25, 0.3) is 0 Å². The number of nitriles is 1. The fraction of sp³-hybridized carbons (Fsp3) is 0.179. The maximum absolute atomic E-state index is 12.7. The molecule has 1 amide bonds. The molecule has 1 heterocycles. The van der Waals surface area contributed by atoms with Crippen molar-refractivity contribution in [3.8, 4) is 28.4 Å². The van der Waals surface area contributed by atoms with Gasteiger partial charge < -0.3 is 19.5 Å². The molecule has 0 fully saturated rings. The lowest BCUT2D eigenvalue weighted by Crippen LogP contribution is -2.37. The number of para-hydroxylation sites is 1. The minimum atomic E-state index is -1.49. The van der Waals surface area contributed by atoms with Crippen LogP contribution in [0.5, 0.6) is 22.3 Å². The number of anilines is 1. The van der Waals surface area contributed by atoms with Gasteiger partial charge in [0.1, 0.15) is 17.2 Å². The number of ether oxygens (including phenoxy) is 3. The minimum absolute atomic E-state index is 0.418. The zero-order chi connectivity index (χ0) is 25.5. The number of amides is 1. The van der Waals surface area contributed by atoms with E-state index in [4.69, 9.17) is 14.2 Å². The predicted octanol–water partition coefficient (Wildman–Crippen LogP) is 6.21. The first kappa shape index (κ1) is 24.8. The summed E-state index contributed by atoms with van der Waals surface area (Å²) in [6, 6.07) is 25.1. The Labute approximate surface area is 212 Å². The number of hydrogen-bond acceptors (Lipinski definition) is 7. The summed E-state index contributed by atoms with van der Waals surface area (Å²) in [6.07, 6.45) is -0.995. The molecular formula is C28H24N2O5S. The minimum Gasteiger partial charge on any atom is -0.494 e. The number of nitrogens with zero attached hydrogens (tertiary/aromatic N) is 1. The SMILES string of the molecule is CCOc1ccc2sc(Oc3ccc(OC(C)C(=O)C(C#N)C(=O)Nc4ccccc4)cc3)cc2c1. The summed E-state index contributed by atoms with van der Waals surface area (Å²) < 4.78 is 18.3. The van der Waals surface area contributed by atoms with Crippen LogP contribution < -0.4 is 19.5 Å². The van der Waals surface area contributed by atoms with Gasteiger partial charge in [-0.2, -0.15) is 5.26 Å². The van der Waals surface area contributed by atoms with E-state index in [9.17, 15) is 14.9 Å². The van der Waals surface area contributed by atoms with E-state index in [1.54, 1.807) is 60.7 Å². The lowest BCUT2D eigenvalue weighted by atomic mass is 10.0. The maximum Gasteiger partial charge on any atom is 0.249 e. The Morgan fingerprint density at radius 2 is 1.67 bits per heavy atom. The lowest BCUT2D eigenvalue weighted by molar-refractivity contribution is -0.133. The van der Waals surface area contributed by atoms with Gasteiger partial charge in [-0.1, -0.05) is 29.5 Å². The van der Waals surface area contributed by atoms with Crippen LogP contribution in [0, 0.1) is 17.2 Å². The number of nitrogens with one attached hydrogen (secondary N) is 1. The molecule has 0 aliphatic heterocycles. The smallest absolute Gasteiger partial charge is 0.249 e. The van der Waals surface area contributed by atoms with Gasteiger partial charge in [0.15, 0.2) is 22.9 Å². The molecule has 2 unspecified atom stereocenters. The number of fused-ring (bicyclic) bond motifs is 1. The Kier molecular flexibility index (Phi) is 7.83. The average molecular weight is 501 g/mol. The Morgan fingerprint density at radius 3 is 2.36 bits per heavy atom. The fourth-order valence-corrected chi connectivity index (χ4v) is 4.40. The van der Waals surface area contributed by atoms with Crippen molar-refractivity contribution in [2.45, 2.75) is 20.0 Å². The number of Topliss-reactive ketones (excluding diaryl/α,β-unsaturated/α-hetero) is 1. The molecule has 7 nitrogen and oxygen atoms in total. The van der Waals surface area contributed by atoms with E-state index in [1.807, 2.05) is 31.2 Å². The summed E-state index contributed by atoms with van der Waals surface area (Å²) in [5.74, 6) is -0.960. The summed E-state index contributed by atoms with van der Waals surface area (Å²) in [5.41, 5.74) is 0.507. The van der Waals surface area contributed by atoms with Gasteiger partial charge in [0, 0.05) is 16.5 Å². The topological polar surface area (TPSA) is 97.7 Å². The molecule has 0 saturated carbocycles. The molecule has 182 valence electrons. The van der Waals surface area contributed by atoms with Crippen molar-refractivity contribution in [2.24, 2.45) is 5.92 Å². The van der Waals surface area contributed by atoms with Gasteiger partial charge in [-0.05, 0) is 73.8 Å². The number of ketones is 1. The number of benzene rings is 3. The van der Waals surface area contributed by atoms with E-state index in [0.29, 0.717) is 23.8 Å². The average Bonchev–Trinajstić information content (AvgIpc) is 3.28. The summed E-state index contributed by atoms with van der Waals surface area (Å²) in [7, 11) is 0. The molecule has 36 heavy (non-hydrogen) atoms. The van der Waals surface area contributed by atoms with Gasteiger partial charge in [-0.15, -0.1) is 0 Å². The number of carbonyl (C=O) groups is 2. The van der Waals surface area contributed by atoms with Gasteiger partial charge in [0.05, 0.1) is 12.7 Å². The maximum atomic E-state index is 12.7. The monoisotopic (exact) mass is 500 g/mol. The Morgan fingerprint density at radius 1 is 0.972 bits per heavy atom. The molecule has 0 radical (unpaired) electrons. The standard InChI is InChI=1S/C28H24N2O5S/c1-3-33-23-13-14-25-19(15-23)16-26(36-25)35-22-11-9-21(10-12-22)34-18(2)27(31)24(17-29)28(32)30-20-7-5-4-6-8-20/h4-16,18,24H,3H2,1-2H3,(H,30,32). The summed E-state index contributed by atoms with van der Waals surface area (Å²) in [5, 5.41) is 13.8. The van der Waals surface area contributed by atoms with Crippen molar-refractivity contribution in [3.05, 3.63) is 78.9 Å². The van der Waals surface area contributed by atoms with E-state index in [-0.39, 0.29) is 0 Å². The first-order chi connectivity index (χ1) is 17.5. The number of hydrogen-bond donors (Lipinski definition) is 1. The largest absolute Gasteiger partial charge is 0.494 e. The zero-order valence-electron chi connectivity index (χ0n) is 19.8. The first-order valence-corrected chi connectivity index (χ1v) is 12.2. The Balaban J connectivity index is 1.36. The molecule has 1 N–H and O–H groups in total. The van der Waals surface area contributed by atoms with E-state index in [2.05, 4.69) is 5.32 Å². The summed E-state index contributed by atoms with van der Waals surface area (Å²) >= 11 is 1.52. The van der Waals surface area contributed by atoms with E-state index in [1.165, 1.54) is 18.3 Å². The van der Waals surface area contributed by atoms with E-state index < -0.39 is 23.7 Å². The van der Waals surface area contributed by atoms with Crippen molar-refractivity contribution in [1.82, 2.24) is 0 Å². The van der Waals surface area contributed by atoms with Gasteiger partial charge in [0.2, 0.25) is 5.91 Å². The highest BCUT2D eigenvalue weighted by Crippen LogP contribution is 2.36. The molecule has 0 aliphatic carbocycles. The first-order valence-electron chi connectivity index (χ1n) is 11.4. The van der Waals surface area contributed by atoms with Crippen LogP contribution in [0.25, 0.3) is 10.1 Å². The zero-order valence-corrected chi connectivity index (χ0v) is 20.6. The Bertz CT molecular complexity index is 1390. The molecule has 3 aromatic carbocycles. The van der Waals surface area contributed by atoms with Crippen LogP contribution in [0.4, 0.5) is 5.69 Å². The third kappa shape index (κ3) is 6.01. The van der Waals surface area contributed by atoms with Crippen LogP contribution in [-0.4, -0.2) is 24.4 Å². The third-order valence-electron chi connectivity index (χ3n) is 5.25. The highest BCUT2D eigenvalue weighted by Gasteiger charge is 2.31. The number of rotatable bonds is 10. The second-order valence-corrected chi connectivity index (χ2v) is 8.90. The fourth-order valence-electron chi connectivity index (χ4n) is 3.49. The quantitative estimate of drug-likeness (QED) is 0.260. The normalized spacial score (nSPS) is 12.2. The van der Waals surface area contributed by atoms with Gasteiger partial charge >= 0.3 is 0 Å². The molecule has 4 rings (SSSR count). The molecule has 0 saturated heterocycles. The van der Waals surface area contributed by atoms with Crippen molar-refractivity contribution in [1.29, 1.82) is 5.26 Å². The van der Waals surface area contributed by atoms with Crippen LogP contribution in [0.15, 0.2) is 78.9 Å². The van der Waals surface area contributed by atoms with Crippen molar-refractivity contribution in [3.63, 3.8) is 0 Å². The van der Waals surface area contributed by atoms with E-state index >= 15 is 0 Å². The molecule has 0 bridgehead atoms. The second-order valence-electron chi connectivity index (χ2n) is 7.85. The highest BCUT2D eigenvalue weighted by atomic mass is 32.1. The number of thiophene rings is 1. The highest BCUT2D eigenvalue weighted by molar-refractivity contribution is 7.20. The van der Waals surface area contributed by atoms with Crippen LogP contribution in [0.1, 0.15) is 13.8 Å². The van der Waals surface area contributed by atoms with Gasteiger partial charge in [-0.25, -0.2) is 0 Å². The van der Waals surface area contributed by atoms with Crippen molar-refractivity contribution >= 4 is 38.8 Å². The predicted molar refractivity (Wildman–Crippen MR) is 139 cm³/mol.